The van der Waals surface area contributed by atoms with Crippen molar-refractivity contribution in [2.24, 2.45) is 5.92 Å². The van der Waals surface area contributed by atoms with Crippen LogP contribution in [-0.2, 0) is 17.8 Å². The Morgan fingerprint density at radius 3 is 2.84 bits per heavy atom. The summed E-state index contributed by atoms with van der Waals surface area (Å²) in [5.74, 6) is 1.99. The van der Waals surface area contributed by atoms with Gasteiger partial charge in [0.05, 0.1) is 13.0 Å². The Balaban J connectivity index is 1.65. The van der Waals surface area contributed by atoms with E-state index in [0.717, 1.165) is 22.6 Å². The van der Waals surface area contributed by atoms with Crippen molar-refractivity contribution >= 4 is 11.9 Å². The van der Waals surface area contributed by atoms with E-state index >= 15 is 0 Å². The summed E-state index contributed by atoms with van der Waals surface area (Å²) in [6.45, 7) is 0.849. The van der Waals surface area contributed by atoms with Crippen LogP contribution < -0.4 is 14.8 Å². The standard InChI is InChI=1S/C18H22N4O3/c1-19-18-20-8-12(9-21-18)10-22(2)17(23)14-6-13-7-15(24-3)4-5-16(13)25-11-14/h4-5,7-9,14H,6,10-11H2,1-3H3,(H,19,20,21). The molecule has 1 N–H and O–H groups in total. The molecular weight excluding hydrogens is 320 g/mol. The maximum Gasteiger partial charge on any atom is 0.229 e. The highest BCUT2D eigenvalue weighted by Crippen LogP contribution is 2.31. The van der Waals surface area contributed by atoms with Crippen LogP contribution in [-0.4, -0.2) is 48.6 Å². The predicted molar refractivity (Wildman–Crippen MR) is 93.7 cm³/mol. The molecule has 1 aliphatic rings. The second-order valence-corrected chi connectivity index (χ2v) is 6.04. The molecule has 1 aliphatic heterocycles. The number of nitrogens with zero attached hydrogens (tertiary/aromatic N) is 3. The molecule has 1 aromatic carbocycles. The molecule has 1 amide bonds. The van der Waals surface area contributed by atoms with E-state index in [9.17, 15) is 4.79 Å². The Morgan fingerprint density at radius 2 is 2.16 bits per heavy atom. The average molecular weight is 342 g/mol. The fraction of sp³-hybridized carbons (Fsp3) is 0.389. The summed E-state index contributed by atoms with van der Waals surface area (Å²) in [4.78, 5) is 22.8. The van der Waals surface area contributed by atoms with Gasteiger partial charge < -0.3 is 19.7 Å². The van der Waals surface area contributed by atoms with E-state index in [-0.39, 0.29) is 11.8 Å². The number of rotatable bonds is 5. The molecule has 1 aromatic heterocycles. The van der Waals surface area contributed by atoms with Gasteiger partial charge in [-0.25, -0.2) is 9.97 Å². The number of hydrogen-bond acceptors (Lipinski definition) is 6. The number of anilines is 1. The summed E-state index contributed by atoms with van der Waals surface area (Å²) in [6, 6.07) is 5.68. The van der Waals surface area contributed by atoms with Gasteiger partial charge in [-0.3, -0.25) is 4.79 Å². The second-order valence-electron chi connectivity index (χ2n) is 6.04. The predicted octanol–water partition coefficient (Wildman–Crippen LogP) is 1.74. The van der Waals surface area contributed by atoms with Gasteiger partial charge in [0.1, 0.15) is 18.1 Å². The van der Waals surface area contributed by atoms with Crippen molar-refractivity contribution in [3.8, 4) is 11.5 Å². The molecule has 2 heterocycles. The fourth-order valence-electron chi connectivity index (χ4n) is 2.89. The normalized spacial score (nSPS) is 15.7. The highest BCUT2D eigenvalue weighted by Gasteiger charge is 2.28. The number of carbonyl (C=O) groups excluding carboxylic acids is 1. The fourth-order valence-corrected chi connectivity index (χ4v) is 2.89. The highest BCUT2D eigenvalue weighted by molar-refractivity contribution is 5.79. The van der Waals surface area contributed by atoms with Crippen LogP contribution in [0.5, 0.6) is 11.5 Å². The first-order chi connectivity index (χ1) is 12.1. The third kappa shape index (κ3) is 3.81. The molecule has 25 heavy (non-hydrogen) atoms. The van der Waals surface area contributed by atoms with Crippen molar-refractivity contribution < 1.29 is 14.3 Å². The van der Waals surface area contributed by atoms with E-state index in [1.54, 1.807) is 38.5 Å². The summed E-state index contributed by atoms with van der Waals surface area (Å²) in [5.41, 5.74) is 1.88. The van der Waals surface area contributed by atoms with Crippen molar-refractivity contribution in [2.45, 2.75) is 13.0 Å². The van der Waals surface area contributed by atoms with Crippen LogP contribution in [0.4, 0.5) is 5.95 Å². The van der Waals surface area contributed by atoms with Crippen LogP contribution in [0, 0.1) is 5.92 Å². The first kappa shape index (κ1) is 17.0. The molecule has 0 spiro atoms. The molecule has 1 atom stereocenters. The molecule has 132 valence electrons. The zero-order chi connectivity index (χ0) is 17.8. The molecule has 7 nitrogen and oxygen atoms in total. The molecule has 0 aliphatic carbocycles. The van der Waals surface area contributed by atoms with Crippen molar-refractivity contribution in [3.63, 3.8) is 0 Å². The van der Waals surface area contributed by atoms with E-state index in [1.807, 2.05) is 18.2 Å². The van der Waals surface area contributed by atoms with Crippen LogP contribution >= 0.6 is 0 Å². The number of carbonyl (C=O) groups is 1. The SMILES string of the molecule is CNc1ncc(CN(C)C(=O)C2COc3ccc(OC)cc3C2)cn1. The summed E-state index contributed by atoms with van der Waals surface area (Å²) in [7, 11) is 5.18. The molecule has 0 saturated carbocycles. The Bertz CT molecular complexity index is 748. The maximum atomic E-state index is 12.8. The van der Waals surface area contributed by atoms with Gasteiger partial charge in [-0.2, -0.15) is 0 Å². The van der Waals surface area contributed by atoms with Crippen molar-refractivity contribution in [1.82, 2.24) is 14.9 Å². The molecule has 7 heteroatoms. The topological polar surface area (TPSA) is 76.6 Å². The van der Waals surface area contributed by atoms with Gasteiger partial charge in [-0.15, -0.1) is 0 Å². The third-order valence-corrected chi connectivity index (χ3v) is 4.25. The monoisotopic (exact) mass is 342 g/mol. The van der Waals surface area contributed by atoms with Crippen LogP contribution in [0.2, 0.25) is 0 Å². The van der Waals surface area contributed by atoms with Gasteiger partial charge in [-0.05, 0) is 30.2 Å². The van der Waals surface area contributed by atoms with Crippen LogP contribution in [0.3, 0.4) is 0 Å². The first-order valence-corrected chi connectivity index (χ1v) is 8.14. The number of hydrogen-bond donors (Lipinski definition) is 1. The lowest BCUT2D eigenvalue weighted by Gasteiger charge is -2.28. The zero-order valence-corrected chi connectivity index (χ0v) is 14.7. The van der Waals surface area contributed by atoms with Gasteiger partial charge >= 0.3 is 0 Å². The van der Waals surface area contributed by atoms with Gasteiger partial charge in [0, 0.05) is 38.6 Å². The lowest BCUT2D eigenvalue weighted by atomic mass is 9.95. The second kappa shape index (κ2) is 7.38. The van der Waals surface area contributed by atoms with Gasteiger partial charge in [0.25, 0.3) is 0 Å². The number of ether oxygens (including phenoxy) is 2. The number of methoxy groups -OCH3 is 1. The number of nitrogens with one attached hydrogen (secondary N) is 1. The quantitative estimate of drug-likeness (QED) is 0.892. The molecule has 0 bridgehead atoms. The van der Waals surface area contributed by atoms with E-state index in [0.29, 0.717) is 25.5 Å². The Kier molecular flexibility index (Phi) is 5.02. The molecule has 0 saturated heterocycles. The van der Waals surface area contributed by atoms with Gasteiger partial charge in [-0.1, -0.05) is 0 Å². The van der Waals surface area contributed by atoms with Crippen LogP contribution in [0.25, 0.3) is 0 Å². The van der Waals surface area contributed by atoms with Crippen molar-refractivity contribution in [1.29, 1.82) is 0 Å². The Morgan fingerprint density at radius 1 is 1.40 bits per heavy atom. The summed E-state index contributed by atoms with van der Waals surface area (Å²) in [5, 5.41) is 2.87. The zero-order valence-electron chi connectivity index (χ0n) is 14.7. The van der Waals surface area contributed by atoms with E-state index < -0.39 is 0 Å². The molecule has 2 aromatic rings. The molecule has 0 radical (unpaired) electrons. The first-order valence-electron chi connectivity index (χ1n) is 8.14. The minimum Gasteiger partial charge on any atom is -0.497 e. The minimum atomic E-state index is -0.206. The lowest BCUT2D eigenvalue weighted by molar-refractivity contribution is -0.136. The minimum absolute atomic E-state index is 0.0474. The van der Waals surface area contributed by atoms with E-state index in [4.69, 9.17) is 9.47 Å². The lowest BCUT2D eigenvalue weighted by Crippen LogP contribution is -2.38. The summed E-state index contributed by atoms with van der Waals surface area (Å²) >= 11 is 0. The van der Waals surface area contributed by atoms with Gasteiger partial charge in [0.15, 0.2) is 0 Å². The molecule has 1 unspecified atom stereocenters. The van der Waals surface area contributed by atoms with Crippen LogP contribution in [0.1, 0.15) is 11.1 Å². The van der Waals surface area contributed by atoms with E-state index in [1.165, 1.54) is 0 Å². The van der Waals surface area contributed by atoms with Crippen LogP contribution in [0.15, 0.2) is 30.6 Å². The average Bonchev–Trinajstić information content (AvgIpc) is 2.67. The number of aromatic nitrogens is 2. The Hall–Kier alpha value is -2.83. The molecular formula is C18H22N4O3. The van der Waals surface area contributed by atoms with Crippen molar-refractivity contribution in [2.75, 3.05) is 33.1 Å². The van der Waals surface area contributed by atoms with E-state index in [2.05, 4.69) is 15.3 Å². The maximum absolute atomic E-state index is 12.8. The molecule has 3 rings (SSSR count). The molecule has 0 fully saturated rings. The highest BCUT2D eigenvalue weighted by atomic mass is 16.5. The summed E-state index contributed by atoms with van der Waals surface area (Å²) < 4.78 is 11.0. The summed E-state index contributed by atoms with van der Waals surface area (Å²) in [6.07, 6.45) is 4.09. The third-order valence-electron chi connectivity index (χ3n) is 4.25. The number of benzene rings is 1. The smallest absolute Gasteiger partial charge is 0.229 e. The van der Waals surface area contributed by atoms with Crippen molar-refractivity contribution in [3.05, 3.63) is 41.7 Å². The number of amides is 1. The number of fused-ring (bicyclic) bond motifs is 1. The Labute approximate surface area is 147 Å². The largest absolute Gasteiger partial charge is 0.497 e. The van der Waals surface area contributed by atoms with Gasteiger partial charge in [0.2, 0.25) is 11.9 Å².